The zero-order valence-corrected chi connectivity index (χ0v) is 12.9. The summed E-state index contributed by atoms with van der Waals surface area (Å²) in [5.41, 5.74) is 1.17. The molecule has 1 unspecified atom stereocenters. The molecule has 4 rings (SSSR count). The SMILES string of the molecule is Cc1noc([C@H]2[C@@H](c3ccc(F)cc3)CC3CC[C@H]2N3C)n1. The molecular formula is C17H20FN3O. The molecule has 0 spiro atoms. The highest BCUT2D eigenvalue weighted by Gasteiger charge is 2.48. The van der Waals surface area contributed by atoms with Crippen molar-refractivity contribution in [1.29, 1.82) is 0 Å². The summed E-state index contributed by atoms with van der Waals surface area (Å²) in [6.07, 6.45) is 3.43. The topological polar surface area (TPSA) is 42.2 Å². The minimum atomic E-state index is -0.190. The average Bonchev–Trinajstić information content (AvgIpc) is 3.02. The van der Waals surface area contributed by atoms with Gasteiger partial charge in [-0.1, -0.05) is 17.3 Å². The third-order valence-electron chi connectivity index (χ3n) is 5.40. The van der Waals surface area contributed by atoms with Crippen molar-refractivity contribution < 1.29 is 8.91 Å². The maximum absolute atomic E-state index is 13.3. The number of benzene rings is 1. The van der Waals surface area contributed by atoms with E-state index in [1.165, 1.54) is 12.0 Å². The van der Waals surface area contributed by atoms with E-state index in [0.717, 1.165) is 18.7 Å². The molecule has 2 saturated heterocycles. The van der Waals surface area contributed by atoms with Gasteiger partial charge in [-0.25, -0.2) is 4.39 Å². The summed E-state index contributed by atoms with van der Waals surface area (Å²) in [5, 5.41) is 3.98. The lowest BCUT2D eigenvalue weighted by Crippen LogP contribution is -2.44. The van der Waals surface area contributed by atoms with E-state index < -0.39 is 0 Å². The molecule has 2 bridgehead atoms. The Hall–Kier alpha value is -1.75. The molecule has 1 aromatic carbocycles. The Morgan fingerprint density at radius 3 is 2.68 bits per heavy atom. The van der Waals surface area contributed by atoms with Crippen LogP contribution in [0.4, 0.5) is 4.39 Å². The largest absolute Gasteiger partial charge is 0.339 e. The molecule has 2 fully saturated rings. The van der Waals surface area contributed by atoms with Gasteiger partial charge in [0.1, 0.15) is 5.82 Å². The third-order valence-corrected chi connectivity index (χ3v) is 5.40. The second-order valence-electron chi connectivity index (χ2n) is 6.56. The molecule has 4 atom stereocenters. The highest BCUT2D eigenvalue weighted by Crippen LogP contribution is 2.50. The molecule has 1 aromatic heterocycles. The molecule has 22 heavy (non-hydrogen) atoms. The number of hydrogen-bond acceptors (Lipinski definition) is 4. The van der Waals surface area contributed by atoms with Crippen LogP contribution in [0.1, 0.15) is 48.4 Å². The third kappa shape index (κ3) is 2.15. The summed E-state index contributed by atoms with van der Waals surface area (Å²) < 4.78 is 18.8. The van der Waals surface area contributed by atoms with Gasteiger partial charge < -0.3 is 4.52 Å². The van der Waals surface area contributed by atoms with E-state index >= 15 is 0 Å². The fraction of sp³-hybridized carbons (Fsp3) is 0.529. The summed E-state index contributed by atoms with van der Waals surface area (Å²) in [4.78, 5) is 6.96. The van der Waals surface area contributed by atoms with Gasteiger partial charge in [-0.2, -0.15) is 4.98 Å². The van der Waals surface area contributed by atoms with Crippen molar-refractivity contribution in [2.75, 3.05) is 7.05 Å². The first-order valence-corrected chi connectivity index (χ1v) is 7.91. The van der Waals surface area contributed by atoms with Crippen LogP contribution in [0.25, 0.3) is 0 Å². The Labute approximate surface area is 129 Å². The second-order valence-corrected chi connectivity index (χ2v) is 6.56. The van der Waals surface area contributed by atoms with Gasteiger partial charge in [-0.3, -0.25) is 4.90 Å². The van der Waals surface area contributed by atoms with Crippen molar-refractivity contribution in [3.05, 3.63) is 47.4 Å². The molecule has 0 aliphatic carbocycles. The lowest BCUT2D eigenvalue weighted by atomic mass is 9.76. The quantitative estimate of drug-likeness (QED) is 0.854. The predicted molar refractivity (Wildman–Crippen MR) is 80.1 cm³/mol. The Morgan fingerprint density at radius 2 is 2.00 bits per heavy atom. The maximum atomic E-state index is 13.3. The number of piperidine rings is 1. The van der Waals surface area contributed by atoms with Crippen molar-refractivity contribution >= 4 is 0 Å². The molecule has 2 aliphatic rings. The molecule has 5 heteroatoms. The average molecular weight is 301 g/mol. The normalized spacial score (nSPS) is 31.6. The Morgan fingerprint density at radius 1 is 1.23 bits per heavy atom. The summed E-state index contributed by atoms with van der Waals surface area (Å²) in [5.74, 6) is 1.72. The Balaban J connectivity index is 1.76. The lowest BCUT2D eigenvalue weighted by Gasteiger charge is -2.41. The standard InChI is InChI=1S/C17H20FN3O/c1-10-19-17(22-20-10)16-14(11-3-5-12(18)6-4-11)9-13-7-8-15(16)21(13)2/h3-6,13-16H,7-9H2,1-2H3/t13?,14-,15-,16+/m1/s1. The summed E-state index contributed by atoms with van der Waals surface area (Å²) in [6.45, 7) is 1.85. The minimum Gasteiger partial charge on any atom is -0.339 e. The van der Waals surface area contributed by atoms with Crippen LogP contribution in [0.2, 0.25) is 0 Å². The van der Waals surface area contributed by atoms with Crippen LogP contribution in [0.3, 0.4) is 0 Å². The number of likely N-dealkylation sites (N-methyl/N-ethyl adjacent to an activating group) is 1. The Kier molecular flexibility index (Phi) is 3.26. The monoisotopic (exact) mass is 301 g/mol. The first-order chi connectivity index (χ1) is 10.6. The zero-order valence-electron chi connectivity index (χ0n) is 12.9. The van der Waals surface area contributed by atoms with Crippen molar-refractivity contribution in [1.82, 2.24) is 15.0 Å². The fourth-order valence-corrected chi connectivity index (χ4v) is 4.30. The first kappa shape index (κ1) is 13.9. The molecule has 3 heterocycles. The number of aryl methyl sites for hydroxylation is 1. The van der Waals surface area contributed by atoms with E-state index in [9.17, 15) is 4.39 Å². The molecule has 0 radical (unpaired) electrons. The van der Waals surface area contributed by atoms with Gasteiger partial charge in [0.2, 0.25) is 5.89 Å². The number of aromatic nitrogens is 2. The van der Waals surface area contributed by atoms with E-state index in [4.69, 9.17) is 4.52 Å². The number of hydrogen-bond donors (Lipinski definition) is 0. The van der Waals surface area contributed by atoms with Gasteiger partial charge in [0.15, 0.2) is 5.82 Å². The van der Waals surface area contributed by atoms with Crippen molar-refractivity contribution in [2.45, 2.75) is 50.1 Å². The van der Waals surface area contributed by atoms with Crippen molar-refractivity contribution in [3.8, 4) is 0 Å². The summed E-state index contributed by atoms with van der Waals surface area (Å²) in [7, 11) is 2.19. The molecule has 0 amide bonds. The maximum Gasteiger partial charge on any atom is 0.231 e. The zero-order chi connectivity index (χ0) is 15.3. The van der Waals surface area contributed by atoms with Crippen LogP contribution in [0.15, 0.2) is 28.8 Å². The minimum absolute atomic E-state index is 0.190. The van der Waals surface area contributed by atoms with Crippen LogP contribution in [-0.2, 0) is 0 Å². The molecule has 4 nitrogen and oxygen atoms in total. The molecule has 0 saturated carbocycles. The van der Waals surface area contributed by atoms with E-state index in [1.54, 1.807) is 12.1 Å². The van der Waals surface area contributed by atoms with Crippen LogP contribution in [0.5, 0.6) is 0 Å². The molecule has 2 aliphatic heterocycles. The molecule has 0 N–H and O–H groups in total. The predicted octanol–water partition coefficient (Wildman–Crippen LogP) is 3.25. The number of rotatable bonds is 2. The smallest absolute Gasteiger partial charge is 0.231 e. The molecular weight excluding hydrogens is 281 g/mol. The first-order valence-electron chi connectivity index (χ1n) is 7.91. The Bertz CT molecular complexity index is 669. The van der Waals surface area contributed by atoms with Gasteiger partial charge in [0, 0.05) is 12.1 Å². The number of nitrogens with zero attached hydrogens (tertiary/aromatic N) is 3. The highest BCUT2D eigenvalue weighted by atomic mass is 19.1. The number of halogens is 1. The van der Waals surface area contributed by atoms with Crippen LogP contribution in [-0.4, -0.2) is 34.2 Å². The van der Waals surface area contributed by atoms with Crippen molar-refractivity contribution in [2.24, 2.45) is 0 Å². The number of fused-ring (bicyclic) bond motifs is 2. The van der Waals surface area contributed by atoms with Gasteiger partial charge in [0.25, 0.3) is 0 Å². The van der Waals surface area contributed by atoms with E-state index in [2.05, 4.69) is 22.1 Å². The summed E-state index contributed by atoms with van der Waals surface area (Å²) >= 11 is 0. The van der Waals surface area contributed by atoms with E-state index in [0.29, 0.717) is 23.8 Å². The van der Waals surface area contributed by atoms with E-state index in [1.807, 2.05) is 19.1 Å². The molecule has 116 valence electrons. The van der Waals surface area contributed by atoms with Gasteiger partial charge in [0.05, 0.1) is 5.92 Å². The van der Waals surface area contributed by atoms with Gasteiger partial charge in [-0.05, 0) is 56.8 Å². The van der Waals surface area contributed by atoms with Crippen LogP contribution < -0.4 is 0 Å². The summed E-state index contributed by atoms with van der Waals surface area (Å²) in [6, 6.07) is 7.92. The van der Waals surface area contributed by atoms with Gasteiger partial charge >= 0.3 is 0 Å². The molecule has 2 aromatic rings. The van der Waals surface area contributed by atoms with E-state index in [-0.39, 0.29) is 11.7 Å². The van der Waals surface area contributed by atoms with Crippen molar-refractivity contribution in [3.63, 3.8) is 0 Å². The second kappa shape index (κ2) is 5.16. The van der Waals surface area contributed by atoms with Gasteiger partial charge in [-0.15, -0.1) is 0 Å². The fourth-order valence-electron chi connectivity index (χ4n) is 4.30. The lowest BCUT2D eigenvalue weighted by molar-refractivity contribution is 0.120. The van der Waals surface area contributed by atoms with Crippen LogP contribution in [0, 0.1) is 12.7 Å². The highest BCUT2D eigenvalue weighted by molar-refractivity contribution is 5.27. The van der Waals surface area contributed by atoms with Crippen LogP contribution >= 0.6 is 0 Å².